The molecular weight excluding hydrogens is 577 g/mol. The van der Waals surface area contributed by atoms with Crippen molar-refractivity contribution in [1.29, 1.82) is 0 Å². The lowest BCUT2D eigenvalue weighted by Gasteiger charge is -2.35. The topological polar surface area (TPSA) is 0 Å². The minimum absolute atomic E-state index is 0.672. The van der Waals surface area contributed by atoms with E-state index in [0.29, 0.717) is 5.41 Å². The Morgan fingerprint density at radius 1 is 0.167 bits per heavy atom. The zero-order valence-electron chi connectivity index (χ0n) is 34.9. The first-order valence-corrected chi connectivity index (χ1v) is 23.7. The van der Waals surface area contributed by atoms with Crippen LogP contribution in [-0.2, 0) is 0 Å². The highest BCUT2D eigenvalue weighted by atomic mass is 14.3. The van der Waals surface area contributed by atoms with E-state index in [2.05, 4.69) is 27.7 Å². The van der Waals surface area contributed by atoms with Crippen molar-refractivity contribution >= 4 is 0 Å². The summed E-state index contributed by atoms with van der Waals surface area (Å²) < 4.78 is 0. The van der Waals surface area contributed by atoms with Crippen LogP contribution in [0.5, 0.6) is 0 Å². The molecule has 0 radical (unpaired) electrons. The molecule has 0 aliphatic rings. The summed E-state index contributed by atoms with van der Waals surface area (Å²) in [6.45, 7) is 9.38. The predicted octanol–water partition coefficient (Wildman–Crippen LogP) is 18.8. The van der Waals surface area contributed by atoms with Crippen LogP contribution in [0.4, 0.5) is 0 Å². The third kappa shape index (κ3) is 35.8. The summed E-state index contributed by atoms with van der Waals surface area (Å²) >= 11 is 0. The van der Waals surface area contributed by atoms with Crippen molar-refractivity contribution in [3.63, 3.8) is 0 Å². The average molecular weight is 675 g/mol. The summed E-state index contributed by atoms with van der Waals surface area (Å²) in [7, 11) is 0. The molecule has 0 aromatic heterocycles. The first-order valence-electron chi connectivity index (χ1n) is 23.7. The molecule has 0 amide bonds. The van der Waals surface area contributed by atoms with Crippen molar-refractivity contribution in [3.8, 4) is 0 Å². The number of rotatable bonds is 43. The second-order valence-corrected chi connectivity index (χ2v) is 16.9. The zero-order valence-corrected chi connectivity index (χ0v) is 34.9. The molecule has 0 atom stereocenters. The summed E-state index contributed by atoms with van der Waals surface area (Å²) in [5.74, 6) is 0. The van der Waals surface area contributed by atoms with Gasteiger partial charge in [0, 0.05) is 0 Å². The fraction of sp³-hybridized carbons (Fsp3) is 1.00. The van der Waals surface area contributed by atoms with Crippen LogP contribution in [0, 0.1) is 5.41 Å². The fourth-order valence-electron chi connectivity index (χ4n) is 8.52. The van der Waals surface area contributed by atoms with Gasteiger partial charge in [0.25, 0.3) is 0 Å². The Morgan fingerprint density at radius 2 is 0.292 bits per heavy atom. The van der Waals surface area contributed by atoms with Crippen molar-refractivity contribution in [3.05, 3.63) is 0 Å². The number of hydrogen-bond acceptors (Lipinski definition) is 0. The van der Waals surface area contributed by atoms with Crippen molar-refractivity contribution in [2.45, 2.75) is 304 Å². The van der Waals surface area contributed by atoms with Gasteiger partial charge < -0.3 is 0 Å². The van der Waals surface area contributed by atoms with E-state index in [4.69, 9.17) is 0 Å². The van der Waals surface area contributed by atoms with E-state index < -0.39 is 0 Å². The van der Waals surface area contributed by atoms with E-state index in [1.165, 1.54) is 250 Å². The lowest BCUT2D eigenvalue weighted by Crippen LogP contribution is -2.21. The molecule has 0 bridgehead atoms. The lowest BCUT2D eigenvalue weighted by atomic mass is 9.70. The Morgan fingerprint density at radius 3 is 0.458 bits per heavy atom. The molecule has 0 aromatic rings. The number of unbranched alkanes of at least 4 members (excludes halogenated alkanes) is 35. The third-order valence-electron chi connectivity index (χ3n) is 12.0. The molecule has 0 aromatic carbocycles. The fourth-order valence-corrected chi connectivity index (χ4v) is 8.52. The molecule has 0 spiro atoms. The van der Waals surface area contributed by atoms with Crippen molar-refractivity contribution < 1.29 is 0 Å². The summed E-state index contributed by atoms with van der Waals surface area (Å²) in [5.41, 5.74) is 0.672. The molecule has 0 aliphatic heterocycles. The van der Waals surface area contributed by atoms with E-state index in [1.807, 2.05) is 0 Å². The normalized spacial score (nSPS) is 12.0. The van der Waals surface area contributed by atoms with Crippen molar-refractivity contribution in [2.24, 2.45) is 5.41 Å². The Hall–Kier alpha value is 0. The Bertz CT molecular complexity index is 516. The van der Waals surface area contributed by atoms with Crippen LogP contribution in [0.15, 0.2) is 0 Å². The van der Waals surface area contributed by atoms with Gasteiger partial charge in [0.1, 0.15) is 0 Å². The highest BCUT2D eigenvalue weighted by Crippen LogP contribution is 2.42. The largest absolute Gasteiger partial charge is 0.0654 e. The molecule has 0 saturated carbocycles. The second-order valence-electron chi connectivity index (χ2n) is 16.9. The van der Waals surface area contributed by atoms with Gasteiger partial charge in [-0.3, -0.25) is 0 Å². The van der Waals surface area contributed by atoms with Crippen LogP contribution >= 0.6 is 0 Å². The smallest absolute Gasteiger partial charge is 0.0297 e. The monoisotopic (exact) mass is 675 g/mol. The Balaban J connectivity index is 4.49. The highest BCUT2D eigenvalue weighted by Gasteiger charge is 2.28. The molecule has 0 rings (SSSR count). The molecule has 0 nitrogen and oxygen atoms in total. The van der Waals surface area contributed by atoms with E-state index in [9.17, 15) is 0 Å². The summed E-state index contributed by atoms with van der Waals surface area (Å²) in [4.78, 5) is 0. The maximum Gasteiger partial charge on any atom is -0.0297 e. The van der Waals surface area contributed by atoms with Crippen LogP contribution in [-0.4, -0.2) is 0 Å². The Labute approximate surface area is 308 Å². The molecule has 0 fully saturated rings. The predicted molar refractivity (Wildman–Crippen MR) is 224 cm³/mol. The van der Waals surface area contributed by atoms with Crippen LogP contribution in [0.3, 0.4) is 0 Å². The van der Waals surface area contributed by atoms with Crippen LogP contribution in [0.25, 0.3) is 0 Å². The van der Waals surface area contributed by atoms with E-state index in [0.717, 1.165) is 0 Å². The van der Waals surface area contributed by atoms with E-state index in [-0.39, 0.29) is 0 Å². The average Bonchev–Trinajstić information content (AvgIpc) is 3.10. The molecule has 0 heterocycles. The van der Waals surface area contributed by atoms with Gasteiger partial charge in [0.15, 0.2) is 0 Å². The summed E-state index contributed by atoms with van der Waals surface area (Å²) in [5, 5.41) is 0. The second kappa shape index (κ2) is 41.4. The maximum absolute atomic E-state index is 2.38. The van der Waals surface area contributed by atoms with Gasteiger partial charge in [0.05, 0.1) is 0 Å². The molecule has 48 heavy (non-hydrogen) atoms. The first kappa shape index (κ1) is 48.0. The third-order valence-corrected chi connectivity index (χ3v) is 12.0. The molecule has 0 saturated heterocycles. The van der Waals surface area contributed by atoms with Gasteiger partial charge in [-0.25, -0.2) is 0 Å². The van der Waals surface area contributed by atoms with E-state index >= 15 is 0 Å². The van der Waals surface area contributed by atoms with Crippen LogP contribution in [0.1, 0.15) is 304 Å². The van der Waals surface area contributed by atoms with Gasteiger partial charge in [-0.1, -0.05) is 278 Å². The quantitative estimate of drug-likeness (QED) is 0.0565. The molecular formula is C48H98. The standard InChI is InChI=1S/C48H98/c1-5-9-13-17-20-22-24-26-28-30-32-35-38-42-46-48(44-40-16-12-8-4,45-41-37-34-19-15-11-7-3)47-43-39-36-33-31-29-27-25-23-21-18-14-10-6-2/h5-47H2,1-4H3. The zero-order chi connectivity index (χ0) is 34.9. The van der Waals surface area contributed by atoms with Gasteiger partial charge >= 0.3 is 0 Å². The van der Waals surface area contributed by atoms with Crippen LogP contribution in [0.2, 0.25) is 0 Å². The lowest BCUT2D eigenvalue weighted by molar-refractivity contribution is 0.171. The SMILES string of the molecule is CCCCCCCCCCCCCCCCC(CCCCCC)(CCCCCCCCC)CCCCCCCCCCCCCCCC. The summed E-state index contributed by atoms with van der Waals surface area (Å²) in [6.07, 6.45) is 63.7. The number of hydrogen-bond donors (Lipinski definition) is 0. The first-order chi connectivity index (χ1) is 23.7. The van der Waals surface area contributed by atoms with Gasteiger partial charge in [-0.2, -0.15) is 0 Å². The van der Waals surface area contributed by atoms with Gasteiger partial charge in [-0.15, -0.1) is 0 Å². The van der Waals surface area contributed by atoms with Gasteiger partial charge in [0.2, 0.25) is 0 Å². The maximum atomic E-state index is 2.38. The molecule has 0 heteroatoms. The van der Waals surface area contributed by atoms with Crippen LogP contribution < -0.4 is 0 Å². The Kier molecular flexibility index (Phi) is 41.4. The molecule has 0 unspecified atom stereocenters. The molecule has 0 aliphatic carbocycles. The minimum Gasteiger partial charge on any atom is -0.0654 e. The van der Waals surface area contributed by atoms with Crippen molar-refractivity contribution in [2.75, 3.05) is 0 Å². The minimum atomic E-state index is 0.672. The van der Waals surface area contributed by atoms with Gasteiger partial charge in [-0.05, 0) is 31.1 Å². The summed E-state index contributed by atoms with van der Waals surface area (Å²) in [6, 6.07) is 0. The molecule has 290 valence electrons. The molecule has 0 N–H and O–H groups in total. The van der Waals surface area contributed by atoms with E-state index in [1.54, 1.807) is 25.7 Å². The highest BCUT2D eigenvalue weighted by molar-refractivity contribution is 4.80. The van der Waals surface area contributed by atoms with Crippen molar-refractivity contribution in [1.82, 2.24) is 0 Å².